The molecule has 0 heterocycles. The number of nitrogens with zero attached hydrogens (tertiary/aromatic N) is 1. The molecule has 0 saturated heterocycles. The third-order valence-electron chi connectivity index (χ3n) is 3.40. The first-order valence-electron chi connectivity index (χ1n) is 6.82. The first-order chi connectivity index (χ1) is 9.87. The number of benzene rings is 2. The third kappa shape index (κ3) is 2.88. The zero-order chi connectivity index (χ0) is 15.6. The first kappa shape index (κ1) is 15.4. The lowest BCUT2D eigenvalue weighted by atomic mass is 10.2. The van der Waals surface area contributed by atoms with E-state index in [1.54, 1.807) is 24.3 Å². The fraction of sp³-hybridized carbons (Fsp3) is 0.250. The molecule has 0 atom stereocenters. The average molecular weight is 304 g/mol. The van der Waals surface area contributed by atoms with Crippen LogP contribution in [-0.2, 0) is 10.0 Å². The molecule has 0 spiro atoms. The molecule has 0 radical (unpaired) electrons. The van der Waals surface area contributed by atoms with Gasteiger partial charge in [-0.2, -0.15) is 0 Å². The Morgan fingerprint density at radius 1 is 1.10 bits per heavy atom. The summed E-state index contributed by atoms with van der Waals surface area (Å²) in [6.45, 7) is 5.94. The van der Waals surface area contributed by atoms with E-state index in [2.05, 4.69) is 0 Å². The number of aryl methyl sites for hydroxylation is 2. The number of hydrogen-bond donors (Lipinski definition) is 1. The molecule has 4 nitrogen and oxygen atoms in total. The lowest BCUT2D eigenvalue weighted by molar-refractivity contribution is 0.592. The maximum atomic E-state index is 12.9. The van der Waals surface area contributed by atoms with Crippen molar-refractivity contribution in [2.24, 2.45) is 0 Å². The molecule has 112 valence electrons. The predicted molar refractivity (Wildman–Crippen MR) is 87.0 cm³/mol. The monoisotopic (exact) mass is 304 g/mol. The maximum absolute atomic E-state index is 12.9. The highest BCUT2D eigenvalue weighted by Gasteiger charge is 2.26. The summed E-state index contributed by atoms with van der Waals surface area (Å²) in [6.07, 6.45) is 0. The van der Waals surface area contributed by atoms with Gasteiger partial charge in [0.05, 0.1) is 11.4 Å². The lowest BCUT2D eigenvalue weighted by Gasteiger charge is -2.25. The second-order valence-corrected chi connectivity index (χ2v) is 6.83. The molecule has 21 heavy (non-hydrogen) atoms. The predicted octanol–water partition coefficient (Wildman–Crippen LogP) is 3.10. The van der Waals surface area contributed by atoms with E-state index in [1.807, 2.05) is 39.0 Å². The van der Waals surface area contributed by atoms with Crippen LogP contribution in [-0.4, -0.2) is 15.0 Å². The average Bonchev–Trinajstić information content (AvgIpc) is 2.41. The molecule has 0 fully saturated rings. The standard InChI is InChI=1S/C16H20N2O2S/c1-4-18(15-8-6-5-7-13(15)3)21(19,20)16-10-9-12(2)11-14(16)17/h5-11H,4,17H2,1-3H3. The molecule has 2 aromatic rings. The van der Waals surface area contributed by atoms with Crippen LogP contribution in [0.5, 0.6) is 0 Å². The van der Waals surface area contributed by atoms with E-state index < -0.39 is 10.0 Å². The number of anilines is 2. The second-order valence-electron chi connectivity index (χ2n) is 5.00. The third-order valence-corrected chi connectivity index (χ3v) is 5.37. The van der Waals surface area contributed by atoms with E-state index >= 15 is 0 Å². The smallest absolute Gasteiger partial charge is 0.266 e. The molecule has 2 aromatic carbocycles. The van der Waals surface area contributed by atoms with Crippen LogP contribution in [0.3, 0.4) is 0 Å². The number of hydrogen-bond acceptors (Lipinski definition) is 3. The van der Waals surface area contributed by atoms with Crippen molar-refractivity contribution in [3.05, 3.63) is 53.6 Å². The lowest BCUT2D eigenvalue weighted by Crippen LogP contribution is -2.31. The van der Waals surface area contributed by atoms with E-state index in [4.69, 9.17) is 5.73 Å². The summed E-state index contributed by atoms with van der Waals surface area (Å²) in [7, 11) is -3.67. The van der Waals surface area contributed by atoms with Crippen molar-refractivity contribution in [2.45, 2.75) is 25.7 Å². The van der Waals surface area contributed by atoms with Gasteiger partial charge in [-0.3, -0.25) is 4.31 Å². The minimum absolute atomic E-state index is 0.151. The van der Waals surface area contributed by atoms with Gasteiger partial charge in [0.25, 0.3) is 10.0 Å². The molecule has 0 aliphatic heterocycles. The van der Waals surface area contributed by atoms with Crippen LogP contribution in [0, 0.1) is 13.8 Å². The highest BCUT2D eigenvalue weighted by atomic mass is 32.2. The van der Waals surface area contributed by atoms with Crippen molar-refractivity contribution in [1.82, 2.24) is 0 Å². The van der Waals surface area contributed by atoms with Gasteiger partial charge in [-0.25, -0.2) is 8.42 Å². The molecule has 2 N–H and O–H groups in total. The normalized spacial score (nSPS) is 11.4. The summed E-state index contributed by atoms with van der Waals surface area (Å²) in [4.78, 5) is 0.151. The Hall–Kier alpha value is -2.01. The molecule has 0 aliphatic carbocycles. The van der Waals surface area contributed by atoms with Gasteiger partial charge in [0.15, 0.2) is 0 Å². The largest absolute Gasteiger partial charge is 0.398 e. The van der Waals surface area contributed by atoms with Crippen LogP contribution in [0.1, 0.15) is 18.1 Å². The molecular formula is C16H20N2O2S. The number of sulfonamides is 1. The second kappa shape index (κ2) is 5.77. The summed E-state index contributed by atoms with van der Waals surface area (Å²) >= 11 is 0. The number of nitrogens with two attached hydrogens (primary N) is 1. The fourth-order valence-electron chi connectivity index (χ4n) is 2.33. The number of para-hydroxylation sites is 1. The zero-order valence-electron chi connectivity index (χ0n) is 12.5. The number of nitrogen functional groups attached to an aromatic ring is 1. The molecule has 0 saturated carbocycles. The van der Waals surface area contributed by atoms with Gasteiger partial charge >= 0.3 is 0 Å². The molecule has 2 rings (SSSR count). The minimum atomic E-state index is -3.67. The zero-order valence-corrected chi connectivity index (χ0v) is 13.3. The van der Waals surface area contributed by atoms with Crippen molar-refractivity contribution >= 4 is 21.4 Å². The molecule has 0 aliphatic rings. The highest BCUT2D eigenvalue weighted by Crippen LogP contribution is 2.29. The van der Waals surface area contributed by atoms with E-state index in [1.165, 1.54) is 4.31 Å². The van der Waals surface area contributed by atoms with Crippen molar-refractivity contribution < 1.29 is 8.42 Å². The van der Waals surface area contributed by atoms with Gasteiger partial charge in [-0.05, 0) is 50.1 Å². The fourth-order valence-corrected chi connectivity index (χ4v) is 3.97. The summed E-state index contributed by atoms with van der Waals surface area (Å²) in [6, 6.07) is 12.4. The molecule has 0 amide bonds. The summed E-state index contributed by atoms with van der Waals surface area (Å²) in [5.41, 5.74) is 8.72. The Labute approximate surface area is 126 Å². The Balaban J connectivity index is 2.58. The van der Waals surface area contributed by atoms with Crippen LogP contribution in [0.4, 0.5) is 11.4 Å². The Morgan fingerprint density at radius 2 is 1.76 bits per heavy atom. The van der Waals surface area contributed by atoms with Crippen LogP contribution in [0.25, 0.3) is 0 Å². The van der Waals surface area contributed by atoms with E-state index in [0.717, 1.165) is 11.1 Å². The van der Waals surface area contributed by atoms with Crippen LogP contribution >= 0.6 is 0 Å². The van der Waals surface area contributed by atoms with Crippen LogP contribution in [0.2, 0.25) is 0 Å². The van der Waals surface area contributed by atoms with Gasteiger partial charge in [-0.15, -0.1) is 0 Å². The molecule has 0 aromatic heterocycles. The molecule has 5 heteroatoms. The Morgan fingerprint density at radius 3 is 2.33 bits per heavy atom. The summed E-state index contributed by atoms with van der Waals surface area (Å²) in [5.74, 6) is 0. The summed E-state index contributed by atoms with van der Waals surface area (Å²) in [5, 5.41) is 0. The SMILES string of the molecule is CCN(c1ccccc1C)S(=O)(=O)c1ccc(C)cc1N. The van der Waals surface area contributed by atoms with E-state index in [9.17, 15) is 8.42 Å². The maximum Gasteiger partial charge on any atom is 0.266 e. The number of rotatable bonds is 4. The van der Waals surface area contributed by atoms with Gasteiger partial charge in [0.2, 0.25) is 0 Å². The van der Waals surface area contributed by atoms with E-state index in [0.29, 0.717) is 12.2 Å². The topological polar surface area (TPSA) is 63.4 Å². The molecule has 0 unspecified atom stereocenters. The quantitative estimate of drug-likeness (QED) is 0.883. The van der Waals surface area contributed by atoms with Gasteiger partial charge < -0.3 is 5.73 Å². The first-order valence-corrected chi connectivity index (χ1v) is 8.26. The van der Waals surface area contributed by atoms with Crippen molar-refractivity contribution in [2.75, 3.05) is 16.6 Å². The molecule has 0 bridgehead atoms. The van der Waals surface area contributed by atoms with Gasteiger partial charge in [0.1, 0.15) is 4.90 Å². The van der Waals surface area contributed by atoms with Crippen molar-refractivity contribution in [3.8, 4) is 0 Å². The van der Waals surface area contributed by atoms with Gasteiger partial charge in [-0.1, -0.05) is 24.3 Å². The minimum Gasteiger partial charge on any atom is -0.398 e. The van der Waals surface area contributed by atoms with Crippen LogP contribution in [0.15, 0.2) is 47.4 Å². The summed E-state index contributed by atoms with van der Waals surface area (Å²) < 4.78 is 27.2. The van der Waals surface area contributed by atoms with Crippen molar-refractivity contribution in [3.63, 3.8) is 0 Å². The highest BCUT2D eigenvalue weighted by molar-refractivity contribution is 7.93. The molecular weight excluding hydrogens is 284 g/mol. The van der Waals surface area contributed by atoms with Crippen LogP contribution < -0.4 is 10.0 Å². The van der Waals surface area contributed by atoms with Crippen molar-refractivity contribution in [1.29, 1.82) is 0 Å². The Bertz CT molecular complexity index is 755. The Kier molecular flexibility index (Phi) is 4.23. The van der Waals surface area contributed by atoms with E-state index in [-0.39, 0.29) is 10.6 Å². The van der Waals surface area contributed by atoms with Gasteiger partial charge in [0, 0.05) is 6.54 Å².